The number of benzene rings is 2. The molecule has 8 nitrogen and oxygen atoms in total. The Hall–Kier alpha value is -3.49. The number of aliphatic hydroxyl groups is 1. The SMILES string of the molecule is CN(C)c1cccc(NC(=O)Oc2c(NC[C@@H](O)c3cccc(Cl)c3)cc[nH]c2=O)c1. The summed E-state index contributed by atoms with van der Waals surface area (Å²) < 4.78 is 5.27. The average molecular weight is 443 g/mol. The number of aliphatic hydroxyl groups excluding tert-OH is 1. The molecule has 1 heterocycles. The summed E-state index contributed by atoms with van der Waals surface area (Å²) in [6, 6.07) is 15.6. The van der Waals surface area contributed by atoms with Crippen molar-refractivity contribution in [2.24, 2.45) is 0 Å². The van der Waals surface area contributed by atoms with Gasteiger partial charge in [0.15, 0.2) is 0 Å². The number of aromatic amines is 1. The summed E-state index contributed by atoms with van der Waals surface area (Å²) in [6.45, 7) is 0.0760. The Morgan fingerprint density at radius 1 is 1.19 bits per heavy atom. The smallest absolute Gasteiger partial charge is 0.402 e. The van der Waals surface area contributed by atoms with Crippen LogP contribution in [0.2, 0.25) is 5.02 Å². The maximum absolute atomic E-state index is 12.4. The third kappa shape index (κ3) is 6.00. The Morgan fingerprint density at radius 3 is 2.71 bits per heavy atom. The number of H-pyrrole nitrogens is 1. The van der Waals surface area contributed by atoms with Crippen molar-refractivity contribution in [1.82, 2.24) is 4.98 Å². The van der Waals surface area contributed by atoms with Gasteiger partial charge in [0.25, 0.3) is 5.56 Å². The van der Waals surface area contributed by atoms with Gasteiger partial charge in [0.1, 0.15) is 0 Å². The first-order valence-corrected chi connectivity index (χ1v) is 9.86. The molecule has 2 aromatic carbocycles. The summed E-state index contributed by atoms with van der Waals surface area (Å²) in [7, 11) is 3.77. The van der Waals surface area contributed by atoms with E-state index in [0.29, 0.717) is 16.3 Å². The van der Waals surface area contributed by atoms with Crippen LogP contribution in [-0.2, 0) is 0 Å². The van der Waals surface area contributed by atoms with Crippen molar-refractivity contribution in [3.05, 3.63) is 81.7 Å². The molecule has 3 aromatic rings. The quantitative estimate of drug-likeness (QED) is 0.443. The summed E-state index contributed by atoms with van der Waals surface area (Å²) >= 11 is 5.96. The molecule has 9 heteroatoms. The van der Waals surface area contributed by atoms with Crippen LogP contribution in [0.3, 0.4) is 0 Å². The van der Waals surface area contributed by atoms with E-state index in [-0.39, 0.29) is 18.0 Å². The van der Waals surface area contributed by atoms with Gasteiger partial charge in [0.05, 0.1) is 11.8 Å². The topological polar surface area (TPSA) is 107 Å². The van der Waals surface area contributed by atoms with Gasteiger partial charge >= 0.3 is 6.09 Å². The third-order valence-electron chi connectivity index (χ3n) is 4.44. The molecule has 0 aliphatic heterocycles. The number of amides is 1. The van der Waals surface area contributed by atoms with E-state index in [2.05, 4.69) is 15.6 Å². The lowest BCUT2D eigenvalue weighted by atomic mass is 10.1. The van der Waals surface area contributed by atoms with E-state index in [9.17, 15) is 14.7 Å². The van der Waals surface area contributed by atoms with Crippen molar-refractivity contribution in [2.45, 2.75) is 6.10 Å². The Labute approximate surface area is 184 Å². The number of nitrogens with zero attached hydrogens (tertiary/aromatic N) is 1. The van der Waals surface area contributed by atoms with Gasteiger partial charge in [-0.15, -0.1) is 0 Å². The fraction of sp³-hybridized carbons (Fsp3) is 0.182. The molecular formula is C22H23ClN4O4. The molecule has 0 aliphatic carbocycles. The molecule has 0 fully saturated rings. The largest absolute Gasteiger partial charge is 0.417 e. The highest BCUT2D eigenvalue weighted by atomic mass is 35.5. The van der Waals surface area contributed by atoms with Crippen LogP contribution in [0.5, 0.6) is 5.75 Å². The molecular weight excluding hydrogens is 420 g/mol. The Morgan fingerprint density at radius 2 is 1.97 bits per heavy atom. The summed E-state index contributed by atoms with van der Waals surface area (Å²) in [6.07, 6.45) is -0.277. The Kier molecular flexibility index (Phi) is 7.17. The lowest BCUT2D eigenvalue weighted by molar-refractivity contribution is 0.191. The summed E-state index contributed by atoms with van der Waals surface area (Å²) in [5.74, 6) is -0.206. The van der Waals surface area contributed by atoms with E-state index in [1.807, 2.05) is 25.1 Å². The Bertz CT molecular complexity index is 1120. The highest BCUT2D eigenvalue weighted by molar-refractivity contribution is 6.30. The highest BCUT2D eigenvalue weighted by Gasteiger charge is 2.16. The van der Waals surface area contributed by atoms with Crippen LogP contribution < -0.4 is 25.8 Å². The summed E-state index contributed by atoms with van der Waals surface area (Å²) in [5.41, 5.74) is 1.72. The predicted octanol–water partition coefficient (Wildman–Crippen LogP) is 3.85. The number of pyridine rings is 1. The molecule has 0 spiro atoms. The maximum Gasteiger partial charge on any atom is 0.417 e. The van der Waals surface area contributed by atoms with E-state index in [1.165, 1.54) is 6.20 Å². The number of aromatic nitrogens is 1. The second kappa shape index (κ2) is 10.0. The third-order valence-corrected chi connectivity index (χ3v) is 4.67. The molecule has 162 valence electrons. The zero-order valence-corrected chi connectivity index (χ0v) is 17.8. The normalized spacial score (nSPS) is 11.5. The first-order valence-electron chi connectivity index (χ1n) is 9.49. The van der Waals surface area contributed by atoms with Gasteiger partial charge in [-0.2, -0.15) is 0 Å². The molecule has 0 saturated carbocycles. The number of carbonyl (C=O) groups excluding carboxylic acids is 1. The molecule has 0 radical (unpaired) electrons. The highest BCUT2D eigenvalue weighted by Crippen LogP contribution is 2.23. The summed E-state index contributed by atoms with van der Waals surface area (Å²) in [4.78, 5) is 29.0. The van der Waals surface area contributed by atoms with E-state index in [0.717, 1.165) is 5.69 Å². The van der Waals surface area contributed by atoms with Crippen LogP contribution >= 0.6 is 11.6 Å². The summed E-state index contributed by atoms with van der Waals surface area (Å²) in [5, 5.41) is 16.4. The second-order valence-corrected chi connectivity index (χ2v) is 7.40. The van der Waals surface area contributed by atoms with Gasteiger partial charge in [0.2, 0.25) is 5.75 Å². The van der Waals surface area contributed by atoms with E-state index in [4.69, 9.17) is 16.3 Å². The average Bonchev–Trinajstić information content (AvgIpc) is 2.74. The minimum Gasteiger partial charge on any atom is -0.402 e. The molecule has 0 unspecified atom stereocenters. The minimum absolute atomic E-state index is 0.0760. The standard InChI is InChI=1S/C22H23ClN4O4/c1-27(2)17-8-4-7-16(12-17)26-22(30)31-20-18(9-10-24-21(20)29)25-13-19(28)14-5-3-6-15(23)11-14/h3-12,19,28H,13H2,1-2H3,(H,26,30)(H2,24,25,29)/t19-/m1/s1. The molecule has 0 saturated heterocycles. The molecule has 3 rings (SSSR count). The van der Waals surface area contributed by atoms with Crippen LogP contribution in [0.25, 0.3) is 0 Å². The van der Waals surface area contributed by atoms with E-state index < -0.39 is 17.8 Å². The van der Waals surface area contributed by atoms with Crippen molar-refractivity contribution in [3.63, 3.8) is 0 Å². The fourth-order valence-corrected chi connectivity index (χ4v) is 3.04. The van der Waals surface area contributed by atoms with Crippen molar-refractivity contribution >= 4 is 34.8 Å². The van der Waals surface area contributed by atoms with Crippen LogP contribution in [-0.4, -0.2) is 36.8 Å². The lowest BCUT2D eigenvalue weighted by Gasteiger charge is -2.16. The van der Waals surface area contributed by atoms with Crippen molar-refractivity contribution < 1.29 is 14.6 Å². The van der Waals surface area contributed by atoms with Crippen molar-refractivity contribution in [3.8, 4) is 5.75 Å². The Balaban J connectivity index is 1.70. The van der Waals surface area contributed by atoms with Crippen LogP contribution in [0.1, 0.15) is 11.7 Å². The zero-order valence-electron chi connectivity index (χ0n) is 17.1. The number of hydrogen-bond donors (Lipinski definition) is 4. The monoisotopic (exact) mass is 442 g/mol. The number of ether oxygens (including phenoxy) is 1. The van der Waals surface area contributed by atoms with Crippen LogP contribution in [0.4, 0.5) is 21.9 Å². The molecule has 0 bridgehead atoms. The van der Waals surface area contributed by atoms with Gasteiger partial charge in [-0.25, -0.2) is 4.79 Å². The van der Waals surface area contributed by atoms with Crippen molar-refractivity contribution in [2.75, 3.05) is 36.2 Å². The number of halogens is 1. The second-order valence-electron chi connectivity index (χ2n) is 6.96. The number of rotatable bonds is 7. The number of anilines is 3. The van der Waals surface area contributed by atoms with Gasteiger partial charge in [-0.05, 0) is 42.0 Å². The molecule has 1 amide bonds. The zero-order chi connectivity index (χ0) is 22.4. The maximum atomic E-state index is 12.4. The van der Waals surface area contributed by atoms with Crippen LogP contribution in [0.15, 0.2) is 65.6 Å². The lowest BCUT2D eigenvalue weighted by Crippen LogP contribution is -2.23. The first kappa shape index (κ1) is 22.2. The molecule has 1 aromatic heterocycles. The molecule has 4 N–H and O–H groups in total. The molecule has 31 heavy (non-hydrogen) atoms. The minimum atomic E-state index is -0.881. The van der Waals surface area contributed by atoms with Gasteiger partial charge < -0.3 is 25.0 Å². The number of hydrogen-bond acceptors (Lipinski definition) is 6. The number of nitrogens with one attached hydrogen (secondary N) is 3. The number of carbonyl (C=O) groups is 1. The first-order chi connectivity index (χ1) is 14.8. The van der Waals surface area contributed by atoms with Gasteiger partial charge in [-0.3, -0.25) is 10.1 Å². The van der Waals surface area contributed by atoms with Gasteiger partial charge in [0, 0.05) is 43.2 Å². The predicted molar refractivity (Wildman–Crippen MR) is 122 cm³/mol. The fourth-order valence-electron chi connectivity index (χ4n) is 2.84. The molecule has 0 aliphatic rings. The van der Waals surface area contributed by atoms with Crippen LogP contribution in [0, 0.1) is 0 Å². The molecule has 1 atom stereocenters. The van der Waals surface area contributed by atoms with Gasteiger partial charge in [-0.1, -0.05) is 29.8 Å². The van der Waals surface area contributed by atoms with E-state index >= 15 is 0 Å². The van der Waals surface area contributed by atoms with E-state index in [1.54, 1.807) is 48.5 Å². The van der Waals surface area contributed by atoms with Crippen molar-refractivity contribution in [1.29, 1.82) is 0 Å².